The van der Waals surface area contributed by atoms with Crippen molar-refractivity contribution in [1.29, 1.82) is 0 Å². The number of aromatic nitrogens is 1. The molecule has 1 aliphatic heterocycles. The number of halogens is 1. The summed E-state index contributed by atoms with van der Waals surface area (Å²) in [4.78, 5) is 13.4. The summed E-state index contributed by atoms with van der Waals surface area (Å²) in [6, 6.07) is 10.6. The predicted octanol–water partition coefficient (Wildman–Crippen LogP) is 3.17. The number of anilines is 1. The summed E-state index contributed by atoms with van der Waals surface area (Å²) in [5.74, 6) is 2.40. The first-order valence-corrected chi connectivity index (χ1v) is 9.45. The Balaban J connectivity index is 1.39. The van der Waals surface area contributed by atoms with Crippen LogP contribution in [-0.4, -0.2) is 49.1 Å². The number of nitrogens with one attached hydrogen (secondary N) is 1. The van der Waals surface area contributed by atoms with Crippen LogP contribution in [0.3, 0.4) is 0 Å². The number of benzene rings is 1. The fraction of sp³-hybridized carbons (Fsp3) is 0.333. The first kappa shape index (κ1) is 18.3. The molecular weight excluding hydrogens is 357 g/mol. The van der Waals surface area contributed by atoms with Crippen LogP contribution in [0.15, 0.2) is 52.0 Å². The maximum atomic E-state index is 13.5. The smallest absolute Gasteiger partial charge is 0.194 e. The van der Waals surface area contributed by atoms with E-state index in [1.807, 2.05) is 31.3 Å². The molecule has 0 saturated carbocycles. The highest BCUT2D eigenvalue weighted by atomic mass is 19.1. The number of fused-ring (bicyclic) bond motifs is 1. The van der Waals surface area contributed by atoms with E-state index in [4.69, 9.17) is 4.42 Å². The lowest BCUT2D eigenvalue weighted by Gasteiger charge is -2.37. The third-order valence-corrected chi connectivity index (χ3v) is 5.17. The van der Waals surface area contributed by atoms with Crippen molar-refractivity contribution in [3.63, 3.8) is 0 Å². The molecule has 1 N–H and O–H groups in total. The van der Waals surface area contributed by atoms with Gasteiger partial charge in [0.05, 0.1) is 6.54 Å². The van der Waals surface area contributed by atoms with Gasteiger partial charge in [-0.15, -0.1) is 0 Å². The van der Waals surface area contributed by atoms with Crippen LogP contribution >= 0.6 is 0 Å². The second kappa shape index (κ2) is 7.88. The van der Waals surface area contributed by atoms with Gasteiger partial charge >= 0.3 is 0 Å². The zero-order valence-corrected chi connectivity index (χ0v) is 16.2. The van der Waals surface area contributed by atoms with Crippen LogP contribution in [0.25, 0.3) is 11.0 Å². The minimum Gasteiger partial charge on any atom is -0.459 e. The average Bonchev–Trinajstić information content (AvgIpc) is 3.05. The third kappa shape index (κ3) is 3.65. The van der Waals surface area contributed by atoms with Crippen LogP contribution in [0.5, 0.6) is 0 Å². The summed E-state index contributed by atoms with van der Waals surface area (Å²) in [5.41, 5.74) is 1.66. The molecule has 28 heavy (non-hydrogen) atoms. The van der Waals surface area contributed by atoms with E-state index < -0.39 is 0 Å². The van der Waals surface area contributed by atoms with Crippen molar-refractivity contribution < 1.29 is 8.81 Å². The second-order valence-corrected chi connectivity index (χ2v) is 6.85. The molecule has 0 amide bonds. The van der Waals surface area contributed by atoms with Gasteiger partial charge in [0.15, 0.2) is 5.96 Å². The molecule has 0 atom stereocenters. The number of aryl methyl sites for hydroxylation is 1. The number of piperazine rings is 1. The Labute approximate surface area is 163 Å². The van der Waals surface area contributed by atoms with Crippen molar-refractivity contribution in [2.75, 3.05) is 38.1 Å². The summed E-state index contributed by atoms with van der Waals surface area (Å²) in [6.45, 7) is 5.97. The van der Waals surface area contributed by atoms with Gasteiger partial charge in [-0.1, -0.05) is 6.07 Å². The number of furan rings is 1. The average molecular weight is 381 g/mol. The van der Waals surface area contributed by atoms with E-state index >= 15 is 0 Å². The Kier molecular flexibility index (Phi) is 5.14. The molecule has 1 aliphatic rings. The Morgan fingerprint density at radius 1 is 1.21 bits per heavy atom. The zero-order chi connectivity index (χ0) is 19.5. The largest absolute Gasteiger partial charge is 0.459 e. The van der Waals surface area contributed by atoms with Gasteiger partial charge in [0.2, 0.25) is 0 Å². The molecule has 0 aliphatic carbocycles. The van der Waals surface area contributed by atoms with Crippen molar-refractivity contribution in [1.82, 2.24) is 15.2 Å². The van der Waals surface area contributed by atoms with Crippen LogP contribution in [0.2, 0.25) is 0 Å². The number of aliphatic imine (C=N–C) groups is 1. The van der Waals surface area contributed by atoms with Crippen LogP contribution < -0.4 is 10.2 Å². The number of pyridine rings is 1. The summed E-state index contributed by atoms with van der Waals surface area (Å²) < 4.78 is 19.4. The van der Waals surface area contributed by atoms with Crippen molar-refractivity contribution in [3.05, 3.63) is 59.7 Å². The van der Waals surface area contributed by atoms with Gasteiger partial charge in [-0.3, -0.25) is 4.99 Å². The van der Waals surface area contributed by atoms with Gasteiger partial charge in [-0.2, -0.15) is 0 Å². The maximum absolute atomic E-state index is 13.5. The molecule has 1 fully saturated rings. The molecule has 146 valence electrons. The SMILES string of the molecule is CN=C(NCc1oc2ccc(F)cc2c1C)N1CCN(c2ccccn2)CC1. The molecule has 6 nitrogen and oxygen atoms in total. The van der Waals surface area contributed by atoms with Crippen molar-refractivity contribution in [3.8, 4) is 0 Å². The molecule has 4 rings (SSSR count). The number of rotatable bonds is 3. The quantitative estimate of drug-likeness (QED) is 0.558. The molecule has 7 heteroatoms. The van der Waals surface area contributed by atoms with E-state index in [9.17, 15) is 4.39 Å². The number of hydrogen-bond acceptors (Lipinski definition) is 4. The molecular formula is C21H24FN5O. The van der Waals surface area contributed by atoms with Crippen molar-refractivity contribution in [2.24, 2.45) is 4.99 Å². The predicted molar refractivity (Wildman–Crippen MR) is 109 cm³/mol. The zero-order valence-electron chi connectivity index (χ0n) is 16.2. The molecule has 0 bridgehead atoms. The molecule has 3 heterocycles. The van der Waals surface area contributed by atoms with E-state index in [1.165, 1.54) is 12.1 Å². The summed E-state index contributed by atoms with van der Waals surface area (Å²) >= 11 is 0. The normalized spacial score (nSPS) is 15.3. The van der Waals surface area contributed by atoms with E-state index in [0.29, 0.717) is 12.1 Å². The lowest BCUT2D eigenvalue weighted by atomic mass is 10.1. The molecule has 2 aromatic heterocycles. The second-order valence-electron chi connectivity index (χ2n) is 6.85. The Morgan fingerprint density at radius 3 is 2.75 bits per heavy atom. The van der Waals surface area contributed by atoms with E-state index in [0.717, 1.165) is 54.7 Å². The Morgan fingerprint density at radius 2 is 2.04 bits per heavy atom. The molecule has 1 aromatic carbocycles. The van der Waals surface area contributed by atoms with Crippen molar-refractivity contribution in [2.45, 2.75) is 13.5 Å². The van der Waals surface area contributed by atoms with Crippen LogP contribution in [0.1, 0.15) is 11.3 Å². The molecule has 3 aromatic rings. The van der Waals surface area contributed by atoms with Gasteiger partial charge in [-0.05, 0) is 37.3 Å². The summed E-state index contributed by atoms with van der Waals surface area (Å²) in [6.07, 6.45) is 1.82. The monoisotopic (exact) mass is 381 g/mol. The lowest BCUT2D eigenvalue weighted by molar-refractivity contribution is 0.369. The Bertz CT molecular complexity index is 977. The minimum atomic E-state index is -0.252. The molecule has 0 spiro atoms. The standard InChI is InChI=1S/C21H24FN5O/c1-15-17-13-16(22)6-7-18(17)28-19(15)14-25-21(23-2)27-11-9-26(10-12-27)20-5-3-4-8-24-20/h3-8,13H,9-12,14H2,1-2H3,(H,23,25). The Hall–Kier alpha value is -3.09. The van der Waals surface area contributed by atoms with Gasteiger partial charge in [0, 0.05) is 50.4 Å². The number of hydrogen-bond donors (Lipinski definition) is 1. The summed E-state index contributed by atoms with van der Waals surface area (Å²) in [5, 5.41) is 4.20. The lowest BCUT2D eigenvalue weighted by Crippen LogP contribution is -2.52. The van der Waals surface area contributed by atoms with Gasteiger partial charge in [0.25, 0.3) is 0 Å². The highest BCUT2D eigenvalue weighted by Gasteiger charge is 2.21. The third-order valence-electron chi connectivity index (χ3n) is 5.17. The van der Waals surface area contributed by atoms with Crippen LogP contribution in [0, 0.1) is 12.7 Å². The fourth-order valence-corrected chi connectivity index (χ4v) is 3.59. The molecule has 1 saturated heterocycles. The van der Waals surface area contributed by atoms with Crippen molar-refractivity contribution >= 4 is 22.7 Å². The van der Waals surface area contributed by atoms with Gasteiger partial charge in [-0.25, -0.2) is 9.37 Å². The summed E-state index contributed by atoms with van der Waals surface area (Å²) in [7, 11) is 1.79. The highest BCUT2D eigenvalue weighted by Crippen LogP contribution is 2.26. The molecule has 0 unspecified atom stereocenters. The minimum absolute atomic E-state index is 0.252. The van der Waals surface area contributed by atoms with Gasteiger partial charge in [0.1, 0.15) is 23.0 Å². The highest BCUT2D eigenvalue weighted by molar-refractivity contribution is 5.83. The number of nitrogens with zero attached hydrogens (tertiary/aromatic N) is 4. The van der Waals surface area contributed by atoms with Crippen LogP contribution in [-0.2, 0) is 6.54 Å². The van der Waals surface area contributed by atoms with E-state index in [-0.39, 0.29) is 5.82 Å². The van der Waals surface area contributed by atoms with Gasteiger partial charge < -0.3 is 19.5 Å². The maximum Gasteiger partial charge on any atom is 0.194 e. The topological polar surface area (TPSA) is 56.9 Å². The first-order valence-electron chi connectivity index (χ1n) is 9.45. The van der Waals surface area contributed by atoms with E-state index in [1.54, 1.807) is 13.1 Å². The molecule has 0 radical (unpaired) electrons. The fourth-order valence-electron chi connectivity index (χ4n) is 3.59. The van der Waals surface area contributed by atoms with E-state index in [2.05, 4.69) is 25.1 Å². The number of guanidine groups is 1. The first-order chi connectivity index (χ1) is 13.7. The van der Waals surface area contributed by atoms with Crippen LogP contribution in [0.4, 0.5) is 10.2 Å².